The first kappa shape index (κ1) is 10.1. The molecule has 0 aromatic heterocycles. The number of halogens is 2. The maximum atomic E-state index is 13.4. The Balaban J connectivity index is 1.97. The van der Waals surface area contributed by atoms with Crippen LogP contribution in [0.15, 0.2) is 22.7 Å². The summed E-state index contributed by atoms with van der Waals surface area (Å²) in [5.74, 6) is -0.222. The minimum Gasteiger partial charge on any atom is -0.371 e. The Morgan fingerprint density at radius 1 is 1.50 bits per heavy atom. The molecule has 0 spiro atoms. The molecule has 2 nitrogen and oxygen atoms in total. The molecule has 1 N–H and O–H groups in total. The highest BCUT2D eigenvalue weighted by molar-refractivity contribution is 9.10. The first-order valence-electron chi connectivity index (χ1n) is 4.52. The molecule has 76 valence electrons. The molecule has 1 aliphatic rings. The summed E-state index contributed by atoms with van der Waals surface area (Å²) in [4.78, 5) is 0. The van der Waals surface area contributed by atoms with Gasteiger partial charge in [0.1, 0.15) is 5.82 Å². The van der Waals surface area contributed by atoms with Gasteiger partial charge in [-0.05, 0) is 22.0 Å². The van der Waals surface area contributed by atoms with Crippen molar-refractivity contribution in [3.05, 3.63) is 34.1 Å². The Hall–Kier alpha value is -0.450. The van der Waals surface area contributed by atoms with Crippen LogP contribution >= 0.6 is 15.9 Å². The minimum absolute atomic E-state index is 0.222. The van der Waals surface area contributed by atoms with Crippen molar-refractivity contribution in [2.75, 3.05) is 13.1 Å². The summed E-state index contributed by atoms with van der Waals surface area (Å²) in [6.07, 6.45) is 0.244. The molecular weight excluding hydrogens is 249 g/mol. The molecule has 1 fully saturated rings. The lowest BCUT2D eigenvalue weighted by Gasteiger charge is -2.27. The second-order valence-electron chi connectivity index (χ2n) is 3.30. The van der Waals surface area contributed by atoms with Crippen molar-refractivity contribution in [1.82, 2.24) is 5.32 Å². The average Bonchev–Trinajstić information content (AvgIpc) is 2.09. The molecule has 0 aliphatic carbocycles. The van der Waals surface area contributed by atoms with E-state index in [4.69, 9.17) is 4.74 Å². The molecular formula is C10H11BrFNO. The summed E-state index contributed by atoms with van der Waals surface area (Å²) in [5, 5.41) is 3.10. The molecule has 0 amide bonds. The number of hydrogen-bond acceptors (Lipinski definition) is 2. The second-order valence-corrected chi connectivity index (χ2v) is 4.16. The van der Waals surface area contributed by atoms with Crippen LogP contribution in [0.25, 0.3) is 0 Å². The lowest BCUT2D eigenvalue weighted by atomic mass is 10.2. The van der Waals surface area contributed by atoms with Gasteiger partial charge in [-0.15, -0.1) is 0 Å². The van der Waals surface area contributed by atoms with Gasteiger partial charge in [0.2, 0.25) is 0 Å². The van der Waals surface area contributed by atoms with Crippen LogP contribution < -0.4 is 5.32 Å². The van der Waals surface area contributed by atoms with Crippen molar-refractivity contribution < 1.29 is 9.13 Å². The van der Waals surface area contributed by atoms with E-state index >= 15 is 0 Å². The molecule has 0 radical (unpaired) electrons. The Bertz CT molecular complexity index is 328. The summed E-state index contributed by atoms with van der Waals surface area (Å²) in [5.41, 5.74) is 0.603. The van der Waals surface area contributed by atoms with E-state index in [0.717, 1.165) is 13.1 Å². The van der Waals surface area contributed by atoms with Gasteiger partial charge in [-0.1, -0.05) is 12.1 Å². The molecule has 1 aliphatic heterocycles. The number of hydrogen-bond donors (Lipinski definition) is 1. The monoisotopic (exact) mass is 259 g/mol. The van der Waals surface area contributed by atoms with E-state index < -0.39 is 0 Å². The Labute approximate surface area is 90.6 Å². The third kappa shape index (κ3) is 2.13. The highest BCUT2D eigenvalue weighted by atomic mass is 79.9. The molecule has 14 heavy (non-hydrogen) atoms. The van der Waals surface area contributed by atoms with E-state index in [0.29, 0.717) is 16.6 Å². The predicted molar refractivity (Wildman–Crippen MR) is 55.5 cm³/mol. The van der Waals surface area contributed by atoms with Gasteiger partial charge in [0.15, 0.2) is 0 Å². The van der Waals surface area contributed by atoms with Gasteiger partial charge in [-0.2, -0.15) is 0 Å². The molecule has 0 atom stereocenters. The number of rotatable bonds is 3. The summed E-state index contributed by atoms with van der Waals surface area (Å²) in [6, 6.07) is 5.24. The van der Waals surface area contributed by atoms with Crippen molar-refractivity contribution in [3.63, 3.8) is 0 Å². The fourth-order valence-corrected chi connectivity index (χ4v) is 1.65. The van der Waals surface area contributed by atoms with Crippen molar-refractivity contribution in [1.29, 1.82) is 0 Å². The van der Waals surface area contributed by atoms with Crippen molar-refractivity contribution in [2.24, 2.45) is 0 Å². The van der Waals surface area contributed by atoms with Gasteiger partial charge in [0.25, 0.3) is 0 Å². The third-order valence-corrected chi connectivity index (χ3v) is 2.86. The van der Waals surface area contributed by atoms with E-state index in [1.807, 2.05) is 6.07 Å². The van der Waals surface area contributed by atoms with Crippen LogP contribution in [-0.4, -0.2) is 19.2 Å². The van der Waals surface area contributed by atoms with Crippen molar-refractivity contribution >= 4 is 15.9 Å². The molecule has 1 aromatic carbocycles. The predicted octanol–water partition coefficient (Wildman–Crippen LogP) is 2.08. The van der Waals surface area contributed by atoms with Crippen LogP contribution in [0.3, 0.4) is 0 Å². The quantitative estimate of drug-likeness (QED) is 0.898. The van der Waals surface area contributed by atoms with Crippen LogP contribution in [0, 0.1) is 5.82 Å². The zero-order chi connectivity index (χ0) is 9.97. The smallest absolute Gasteiger partial charge is 0.142 e. The maximum Gasteiger partial charge on any atom is 0.142 e. The molecule has 0 unspecified atom stereocenters. The number of nitrogens with one attached hydrogen (secondary N) is 1. The van der Waals surface area contributed by atoms with Crippen LogP contribution in [0.4, 0.5) is 4.39 Å². The van der Waals surface area contributed by atoms with Crippen LogP contribution in [0.5, 0.6) is 0 Å². The number of ether oxygens (including phenoxy) is 1. The fourth-order valence-electron chi connectivity index (χ4n) is 1.25. The average molecular weight is 260 g/mol. The Kier molecular flexibility index (Phi) is 3.15. The minimum atomic E-state index is -0.222. The van der Waals surface area contributed by atoms with Crippen LogP contribution in [-0.2, 0) is 11.3 Å². The first-order chi connectivity index (χ1) is 6.77. The SMILES string of the molecule is Fc1c(Br)cccc1COC1CNC1. The van der Waals surface area contributed by atoms with Crippen LogP contribution in [0.2, 0.25) is 0 Å². The first-order valence-corrected chi connectivity index (χ1v) is 5.32. The van der Waals surface area contributed by atoms with E-state index in [2.05, 4.69) is 21.2 Å². The van der Waals surface area contributed by atoms with E-state index in [-0.39, 0.29) is 11.9 Å². The molecule has 4 heteroatoms. The highest BCUT2D eigenvalue weighted by Crippen LogP contribution is 2.19. The second kappa shape index (κ2) is 4.38. The van der Waals surface area contributed by atoms with Gasteiger partial charge in [-0.25, -0.2) is 4.39 Å². The van der Waals surface area contributed by atoms with Gasteiger partial charge in [0, 0.05) is 18.7 Å². The van der Waals surface area contributed by atoms with Crippen molar-refractivity contribution in [3.8, 4) is 0 Å². The standard InChI is InChI=1S/C10H11BrFNO/c11-9-3-1-2-7(10(9)12)6-14-8-4-13-5-8/h1-3,8,13H,4-6H2. The van der Waals surface area contributed by atoms with Gasteiger partial charge >= 0.3 is 0 Å². The normalized spacial score (nSPS) is 16.7. The fraction of sp³-hybridized carbons (Fsp3) is 0.400. The third-order valence-electron chi connectivity index (χ3n) is 2.25. The summed E-state index contributed by atoms with van der Waals surface area (Å²) < 4.78 is 19.4. The van der Waals surface area contributed by atoms with Gasteiger partial charge in [-0.3, -0.25) is 0 Å². The zero-order valence-electron chi connectivity index (χ0n) is 7.59. The van der Waals surface area contributed by atoms with Gasteiger partial charge < -0.3 is 10.1 Å². The molecule has 0 saturated carbocycles. The van der Waals surface area contributed by atoms with E-state index in [1.165, 1.54) is 0 Å². The molecule has 1 heterocycles. The maximum absolute atomic E-state index is 13.4. The van der Waals surface area contributed by atoms with Gasteiger partial charge in [0.05, 0.1) is 17.2 Å². The zero-order valence-corrected chi connectivity index (χ0v) is 9.18. The van der Waals surface area contributed by atoms with E-state index in [1.54, 1.807) is 12.1 Å². The molecule has 1 aromatic rings. The Morgan fingerprint density at radius 2 is 2.29 bits per heavy atom. The number of benzene rings is 1. The summed E-state index contributed by atoms with van der Waals surface area (Å²) in [7, 11) is 0. The Morgan fingerprint density at radius 3 is 2.93 bits per heavy atom. The summed E-state index contributed by atoms with van der Waals surface area (Å²) >= 11 is 3.14. The van der Waals surface area contributed by atoms with E-state index in [9.17, 15) is 4.39 Å². The lowest BCUT2D eigenvalue weighted by Crippen LogP contribution is -2.48. The molecule has 0 bridgehead atoms. The lowest BCUT2D eigenvalue weighted by molar-refractivity contribution is 0.00634. The van der Waals surface area contributed by atoms with Crippen molar-refractivity contribution in [2.45, 2.75) is 12.7 Å². The summed E-state index contributed by atoms with van der Waals surface area (Å²) in [6.45, 7) is 2.09. The highest BCUT2D eigenvalue weighted by Gasteiger charge is 2.17. The molecule has 1 saturated heterocycles. The molecule has 2 rings (SSSR count). The topological polar surface area (TPSA) is 21.3 Å². The van der Waals surface area contributed by atoms with Crippen LogP contribution in [0.1, 0.15) is 5.56 Å². The largest absolute Gasteiger partial charge is 0.371 e.